The van der Waals surface area contributed by atoms with Crippen LogP contribution in [-0.4, -0.2) is 25.8 Å². The molecule has 12 heavy (non-hydrogen) atoms. The van der Waals surface area contributed by atoms with E-state index in [-0.39, 0.29) is 18.0 Å². The summed E-state index contributed by atoms with van der Waals surface area (Å²) >= 11 is 0. The Morgan fingerprint density at radius 3 is 3.00 bits per heavy atom. The number of carbonyl (C=O) groups excluding carboxylic acids is 1. The first-order chi connectivity index (χ1) is 5.74. The predicted octanol–water partition coefficient (Wildman–Crippen LogP) is 1.36. The molecule has 3 nitrogen and oxygen atoms in total. The Bertz CT molecular complexity index is 150. The summed E-state index contributed by atoms with van der Waals surface area (Å²) in [6, 6.07) is 0. The van der Waals surface area contributed by atoms with Crippen LogP contribution in [0.2, 0.25) is 0 Å². The van der Waals surface area contributed by atoms with E-state index in [9.17, 15) is 4.79 Å². The summed E-state index contributed by atoms with van der Waals surface area (Å²) < 4.78 is 10.0. The van der Waals surface area contributed by atoms with Crippen LogP contribution < -0.4 is 0 Å². The van der Waals surface area contributed by atoms with Crippen molar-refractivity contribution in [2.45, 2.75) is 32.3 Å². The minimum Gasteiger partial charge on any atom is -0.469 e. The van der Waals surface area contributed by atoms with E-state index in [4.69, 9.17) is 4.74 Å². The van der Waals surface area contributed by atoms with Crippen molar-refractivity contribution in [2.75, 3.05) is 13.7 Å². The Balaban J connectivity index is 2.24. The van der Waals surface area contributed by atoms with Gasteiger partial charge >= 0.3 is 5.97 Å². The van der Waals surface area contributed by atoms with Gasteiger partial charge in [-0.25, -0.2) is 0 Å². The highest BCUT2D eigenvalue weighted by atomic mass is 16.5. The summed E-state index contributed by atoms with van der Waals surface area (Å²) in [6.07, 6.45) is 3.28. The molecule has 0 aromatic rings. The largest absolute Gasteiger partial charge is 0.469 e. The van der Waals surface area contributed by atoms with Crippen LogP contribution in [-0.2, 0) is 14.3 Å². The molecule has 0 spiro atoms. The lowest BCUT2D eigenvalue weighted by Crippen LogP contribution is -2.19. The molecule has 0 aromatic carbocycles. The fraction of sp³-hybridized carbons (Fsp3) is 0.889. The summed E-state index contributed by atoms with van der Waals surface area (Å²) in [5, 5.41) is 0. The maximum atomic E-state index is 11.0. The molecule has 0 aromatic heterocycles. The third-order valence-corrected chi connectivity index (χ3v) is 2.24. The average Bonchev–Trinajstić information content (AvgIpc) is 2.55. The van der Waals surface area contributed by atoms with Crippen molar-refractivity contribution in [3.05, 3.63) is 0 Å². The lowest BCUT2D eigenvalue weighted by atomic mass is 10.0. The van der Waals surface area contributed by atoms with Crippen LogP contribution >= 0.6 is 0 Å². The molecule has 0 aliphatic carbocycles. The van der Waals surface area contributed by atoms with Crippen LogP contribution in [0, 0.1) is 5.92 Å². The topological polar surface area (TPSA) is 35.5 Å². The first kappa shape index (κ1) is 9.52. The third kappa shape index (κ3) is 2.48. The summed E-state index contributed by atoms with van der Waals surface area (Å²) in [5.74, 6) is -0.163. The third-order valence-electron chi connectivity index (χ3n) is 2.24. The second kappa shape index (κ2) is 4.45. The fourth-order valence-electron chi connectivity index (χ4n) is 1.52. The zero-order valence-electron chi connectivity index (χ0n) is 7.71. The molecule has 1 aliphatic rings. The van der Waals surface area contributed by atoms with E-state index >= 15 is 0 Å². The van der Waals surface area contributed by atoms with Crippen LogP contribution in [0.5, 0.6) is 0 Å². The van der Waals surface area contributed by atoms with Gasteiger partial charge in [0.1, 0.15) is 0 Å². The van der Waals surface area contributed by atoms with E-state index in [0.717, 1.165) is 25.9 Å². The Morgan fingerprint density at radius 1 is 1.75 bits per heavy atom. The number of hydrogen-bond donors (Lipinski definition) is 0. The minimum absolute atomic E-state index is 0.0295. The first-order valence-corrected chi connectivity index (χ1v) is 4.43. The maximum absolute atomic E-state index is 11.0. The van der Waals surface area contributed by atoms with Gasteiger partial charge in [-0.2, -0.15) is 0 Å². The van der Waals surface area contributed by atoms with Crippen LogP contribution in [0.4, 0.5) is 0 Å². The molecule has 1 aliphatic heterocycles. The average molecular weight is 172 g/mol. The molecule has 1 heterocycles. The van der Waals surface area contributed by atoms with Crippen molar-refractivity contribution in [3.63, 3.8) is 0 Å². The van der Waals surface area contributed by atoms with Crippen LogP contribution in [0.15, 0.2) is 0 Å². The molecule has 1 fully saturated rings. The molecule has 0 unspecified atom stereocenters. The molecule has 0 saturated carbocycles. The van der Waals surface area contributed by atoms with Gasteiger partial charge in [-0.1, -0.05) is 6.92 Å². The Morgan fingerprint density at radius 2 is 2.50 bits per heavy atom. The Hall–Kier alpha value is -0.570. The second-order valence-corrected chi connectivity index (χ2v) is 3.29. The van der Waals surface area contributed by atoms with Gasteiger partial charge in [0.25, 0.3) is 0 Å². The van der Waals surface area contributed by atoms with E-state index in [1.54, 1.807) is 0 Å². The van der Waals surface area contributed by atoms with Gasteiger partial charge in [-0.05, 0) is 19.3 Å². The van der Waals surface area contributed by atoms with Gasteiger partial charge in [-0.15, -0.1) is 0 Å². The van der Waals surface area contributed by atoms with Crippen molar-refractivity contribution in [1.82, 2.24) is 0 Å². The molecule has 0 N–H and O–H groups in total. The van der Waals surface area contributed by atoms with Gasteiger partial charge in [0.15, 0.2) is 0 Å². The zero-order chi connectivity index (χ0) is 8.97. The van der Waals surface area contributed by atoms with Crippen molar-refractivity contribution < 1.29 is 14.3 Å². The lowest BCUT2D eigenvalue weighted by Gasteiger charge is -2.13. The molecule has 0 radical (unpaired) electrons. The normalized spacial score (nSPS) is 25.3. The number of ether oxygens (including phenoxy) is 2. The molecule has 0 bridgehead atoms. The number of rotatable bonds is 3. The van der Waals surface area contributed by atoms with Crippen molar-refractivity contribution >= 4 is 5.97 Å². The monoisotopic (exact) mass is 172 g/mol. The SMILES string of the molecule is COC(=O)[C@@H](C)C[C@H]1CCCO1. The number of carbonyl (C=O) groups is 1. The molecule has 70 valence electrons. The highest BCUT2D eigenvalue weighted by Gasteiger charge is 2.22. The molecule has 0 amide bonds. The molecule has 2 atom stereocenters. The van der Waals surface area contributed by atoms with E-state index in [0.29, 0.717) is 0 Å². The maximum Gasteiger partial charge on any atom is 0.308 e. The predicted molar refractivity (Wildman–Crippen MR) is 44.8 cm³/mol. The van der Waals surface area contributed by atoms with E-state index in [1.807, 2.05) is 6.92 Å². The fourth-order valence-corrected chi connectivity index (χ4v) is 1.52. The Labute approximate surface area is 73.0 Å². The van der Waals surface area contributed by atoms with Crippen molar-refractivity contribution in [3.8, 4) is 0 Å². The van der Waals surface area contributed by atoms with Gasteiger partial charge in [0, 0.05) is 6.61 Å². The van der Waals surface area contributed by atoms with Crippen LogP contribution in [0.25, 0.3) is 0 Å². The first-order valence-electron chi connectivity index (χ1n) is 4.43. The molecule has 1 rings (SSSR count). The van der Waals surface area contributed by atoms with E-state index in [1.165, 1.54) is 7.11 Å². The van der Waals surface area contributed by atoms with Gasteiger partial charge in [0.2, 0.25) is 0 Å². The standard InChI is InChI=1S/C9H16O3/c1-7(9(10)11-2)6-8-4-3-5-12-8/h7-8H,3-6H2,1-2H3/t7-,8+/m0/s1. The number of esters is 1. The molecular formula is C9H16O3. The smallest absolute Gasteiger partial charge is 0.308 e. The quantitative estimate of drug-likeness (QED) is 0.603. The van der Waals surface area contributed by atoms with Gasteiger partial charge in [-0.3, -0.25) is 4.79 Å². The van der Waals surface area contributed by atoms with Crippen LogP contribution in [0.1, 0.15) is 26.2 Å². The van der Waals surface area contributed by atoms with Crippen molar-refractivity contribution in [2.24, 2.45) is 5.92 Å². The summed E-state index contributed by atoms with van der Waals surface area (Å²) in [4.78, 5) is 11.0. The van der Waals surface area contributed by atoms with Crippen molar-refractivity contribution in [1.29, 1.82) is 0 Å². The lowest BCUT2D eigenvalue weighted by molar-refractivity contribution is -0.145. The summed E-state index contributed by atoms with van der Waals surface area (Å²) in [6.45, 7) is 2.73. The minimum atomic E-state index is -0.134. The van der Waals surface area contributed by atoms with Gasteiger partial charge < -0.3 is 9.47 Å². The van der Waals surface area contributed by atoms with Crippen LogP contribution in [0.3, 0.4) is 0 Å². The molecular weight excluding hydrogens is 156 g/mol. The van der Waals surface area contributed by atoms with E-state index < -0.39 is 0 Å². The number of hydrogen-bond acceptors (Lipinski definition) is 3. The van der Waals surface area contributed by atoms with E-state index in [2.05, 4.69) is 4.74 Å². The molecule has 3 heteroatoms. The number of methoxy groups -OCH3 is 1. The second-order valence-electron chi connectivity index (χ2n) is 3.29. The summed E-state index contributed by atoms with van der Waals surface area (Å²) in [5.41, 5.74) is 0. The highest BCUT2D eigenvalue weighted by Crippen LogP contribution is 2.20. The zero-order valence-corrected chi connectivity index (χ0v) is 7.71. The van der Waals surface area contributed by atoms with Gasteiger partial charge in [0.05, 0.1) is 19.1 Å². The Kier molecular flexibility index (Phi) is 3.53. The summed E-state index contributed by atoms with van der Waals surface area (Å²) in [7, 11) is 1.42. The molecule has 1 saturated heterocycles. The highest BCUT2D eigenvalue weighted by molar-refractivity contribution is 5.71.